The number of hydrogen-bond acceptors (Lipinski definition) is 0. The fraction of sp³-hybridized carbons (Fsp3) is 0.0909. The Morgan fingerprint density at radius 3 is 1.00 bits per heavy atom. The number of hydrogen-bond donors (Lipinski definition) is 0. The fourth-order valence-corrected chi connectivity index (χ4v) is 1.36. The van der Waals surface area contributed by atoms with Crippen molar-refractivity contribution in [1.29, 1.82) is 0 Å². The van der Waals surface area contributed by atoms with Gasteiger partial charge in [-0.25, -0.2) is 24.3 Å². The van der Waals surface area contributed by atoms with E-state index in [1.54, 1.807) is 0 Å². The van der Waals surface area contributed by atoms with E-state index in [0.29, 0.717) is 0 Å². The van der Waals surface area contributed by atoms with Crippen LogP contribution in [0.4, 0.5) is 0 Å². The van der Waals surface area contributed by atoms with Gasteiger partial charge in [-0.15, -0.1) is 37.7 Å². The molecule has 0 N–H and O–H groups in total. The third-order valence-corrected chi connectivity index (χ3v) is 2.39. The van der Waals surface area contributed by atoms with Gasteiger partial charge in [0.2, 0.25) is 0 Å². The first-order valence-electron chi connectivity index (χ1n) is 7.61. The van der Waals surface area contributed by atoms with Crippen LogP contribution < -0.4 is 0 Å². The molecule has 0 aliphatic heterocycles. The Morgan fingerprint density at radius 1 is 0.577 bits per heavy atom. The van der Waals surface area contributed by atoms with Crippen LogP contribution in [0.1, 0.15) is 12.8 Å². The Kier molecular flexibility index (Phi) is 32.8. The third-order valence-electron chi connectivity index (χ3n) is 2.39. The quantitative estimate of drug-likeness (QED) is 0.378. The largest absolute Gasteiger partial charge is 0.184 e. The van der Waals surface area contributed by atoms with Gasteiger partial charge in [0.25, 0.3) is 0 Å². The second-order valence-corrected chi connectivity index (χ2v) is 4.16. The summed E-state index contributed by atoms with van der Waals surface area (Å²) in [6.45, 7) is 0. The summed E-state index contributed by atoms with van der Waals surface area (Å²) in [5.41, 5.74) is 0. The normalized spacial score (nSPS) is 10.6. The maximum atomic E-state index is 2.99. The second kappa shape index (κ2) is 28.7. The van der Waals surface area contributed by atoms with Crippen LogP contribution in [-0.2, 0) is 19.2 Å². The molecule has 4 rings (SSSR count). The molecule has 0 atom stereocenters. The molecular formula is C22H24Cl2SiTi-4. The van der Waals surface area contributed by atoms with Crippen molar-refractivity contribution in [1.82, 2.24) is 0 Å². The number of halogens is 2. The van der Waals surface area contributed by atoms with Crippen LogP contribution in [0.3, 0.4) is 0 Å². The molecule has 0 bridgehead atoms. The zero-order valence-electron chi connectivity index (χ0n) is 14.7. The minimum Gasteiger partial charge on any atom is -0.184 e. The van der Waals surface area contributed by atoms with Crippen molar-refractivity contribution in [2.24, 2.45) is 0 Å². The molecule has 0 fully saturated rings. The van der Waals surface area contributed by atoms with E-state index in [9.17, 15) is 0 Å². The standard InChI is InChI=1S/2C6H5.2C5H5.2ClH.H2Si.Ti/c2*1-2-4-6-5-3-1;2*1-2-4-5-3-1;;;;/h2*1-5H;2*1-3H,4H2;2*1H;1H2;/q4*-1;;;;. The molecule has 0 unspecified atom stereocenters. The molecule has 0 spiro atoms. The fourth-order valence-electron chi connectivity index (χ4n) is 1.36. The summed E-state index contributed by atoms with van der Waals surface area (Å²) in [7, 11) is 1.86. The Labute approximate surface area is 185 Å². The van der Waals surface area contributed by atoms with Gasteiger partial charge in [0, 0.05) is 0 Å². The van der Waals surface area contributed by atoms with Crippen molar-refractivity contribution in [2.45, 2.75) is 12.8 Å². The molecule has 0 nitrogen and oxygen atoms in total. The van der Waals surface area contributed by atoms with E-state index in [4.69, 9.17) is 0 Å². The van der Waals surface area contributed by atoms with Crippen LogP contribution in [-0.4, -0.2) is 7.63 Å². The van der Waals surface area contributed by atoms with E-state index in [1.165, 1.54) is 0 Å². The Hall–Kier alpha value is -1.09. The van der Waals surface area contributed by atoms with Crippen molar-refractivity contribution < 1.29 is 19.2 Å². The predicted molar refractivity (Wildman–Crippen MR) is 117 cm³/mol. The molecule has 0 saturated heterocycles. The molecule has 2 aromatic rings. The molecular weight excluding hydrogens is 411 g/mol. The smallest absolute Gasteiger partial charge is 0.171 e. The van der Waals surface area contributed by atoms with Gasteiger partial charge in [-0.05, 0) is 0 Å². The van der Waals surface area contributed by atoms with Crippen molar-refractivity contribution in [2.75, 3.05) is 0 Å². The number of benzene rings is 2. The van der Waals surface area contributed by atoms with E-state index in [0.717, 1.165) is 12.8 Å². The number of allylic oxidation sites excluding steroid dienone is 8. The number of rotatable bonds is 0. The van der Waals surface area contributed by atoms with E-state index in [2.05, 4.69) is 36.4 Å². The average molecular weight is 435 g/mol. The first-order valence-corrected chi connectivity index (χ1v) is 11.6. The van der Waals surface area contributed by atoms with Crippen molar-refractivity contribution >= 4 is 32.4 Å². The molecule has 2 aliphatic rings. The van der Waals surface area contributed by atoms with E-state index in [-0.39, 0.29) is 24.8 Å². The molecule has 0 radical (unpaired) electrons. The zero-order valence-corrected chi connectivity index (χ0v) is 19.3. The van der Waals surface area contributed by atoms with Crippen LogP contribution in [0.15, 0.2) is 97.1 Å². The van der Waals surface area contributed by atoms with Gasteiger partial charge in [0.1, 0.15) is 0 Å². The van der Waals surface area contributed by atoms with Crippen molar-refractivity contribution in [3.63, 3.8) is 0 Å². The molecule has 138 valence electrons. The van der Waals surface area contributed by atoms with Gasteiger partial charge in [-0.3, -0.25) is 12.2 Å². The molecule has 2 aromatic carbocycles. The molecule has 26 heavy (non-hydrogen) atoms. The minimum absolute atomic E-state index is 0. The van der Waals surface area contributed by atoms with Gasteiger partial charge in [-0.1, -0.05) is 0 Å². The monoisotopic (exact) mass is 434 g/mol. The second-order valence-electron chi connectivity index (χ2n) is 4.16. The topological polar surface area (TPSA) is 0 Å². The molecule has 2 aliphatic carbocycles. The van der Waals surface area contributed by atoms with Crippen LogP contribution in [0.25, 0.3) is 0 Å². The summed E-state index contributed by atoms with van der Waals surface area (Å²) in [6, 6.07) is 25.0. The van der Waals surface area contributed by atoms with Gasteiger partial charge >= 0.3 is 26.8 Å². The van der Waals surface area contributed by atoms with Gasteiger partial charge in [0.05, 0.1) is 0 Å². The Balaban J connectivity index is -0.000000257. The van der Waals surface area contributed by atoms with Gasteiger partial charge in [0.15, 0.2) is 0 Å². The minimum atomic E-state index is 0. The molecule has 4 heteroatoms. The Morgan fingerprint density at radius 2 is 0.923 bits per heavy atom. The van der Waals surface area contributed by atoms with E-state index in [1.807, 2.05) is 112 Å². The molecule has 0 aromatic heterocycles. The molecule has 0 amide bonds. The van der Waals surface area contributed by atoms with Crippen molar-refractivity contribution in [3.8, 4) is 0 Å². The van der Waals surface area contributed by atoms with E-state index < -0.39 is 0 Å². The molecule has 0 heterocycles. The summed E-state index contributed by atoms with van der Waals surface area (Å²) in [6.07, 6.45) is 20.0. The van der Waals surface area contributed by atoms with Gasteiger partial charge < -0.3 is 0 Å². The zero-order chi connectivity index (χ0) is 17.6. The average Bonchev–Trinajstić information content (AvgIpc) is 3.45. The summed E-state index contributed by atoms with van der Waals surface area (Å²) in [5.74, 6) is 0. The summed E-state index contributed by atoms with van der Waals surface area (Å²) in [5, 5.41) is 0. The van der Waals surface area contributed by atoms with Crippen LogP contribution in [0.2, 0.25) is 0 Å². The van der Waals surface area contributed by atoms with E-state index >= 15 is 0 Å². The SMILES string of the molecule is Cl.Cl.[C-]1=CC=CC1.[C-]1=CC=CC1.[SiH2]=[Ti].[c-]1ccccc1.[c-]1ccccc1. The van der Waals surface area contributed by atoms with Crippen LogP contribution in [0, 0.1) is 24.3 Å². The summed E-state index contributed by atoms with van der Waals surface area (Å²) < 4.78 is 0. The summed E-state index contributed by atoms with van der Waals surface area (Å²) in [4.78, 5) is 0. The Bertz CT molecular complexity index is 455. The first kappa shape index (κ1) is 29.7. The van der Waals surface area contributed by atoms with Crippen LogP contribution >= 0.6 is 24.8 Å². The maximum Gasteiger partial charge on any atom is -0.171 e. The van der Waals surface area contributed by atoms with Crippen LogP contribution in [0.5, 0.6) is 0 Å². The predicted octanol–water partition coefficient (Wildman–Crippen LogP) is 5.51. The maximum absolute atomic E-state index is 2.99. The first-order chi connectivity index (χ1) is 12.0. The van der Waals surface area contributed by atoms with Crippen molar-refractivity contribution in [3.05, 3.63) is 121 Å². The summed E-state index contributed by atoms with van der Waals surface area (Å²) >= 11 is 2.03. The van der Waals surface area contributed by atoms with Gasteiger partial charge in [-0.2, -0.15) is 84.9 Å². The molecule has 0 saturated carbocycles. The third kappa shape index (κ3) is 25.2.